The summed E-state index contributed by atoms with van der Waals surface area (Å²) >= 11 is 0. The van der Waals surface area contributed by atoms with Gasteiger partial charge in [-0.3, -0.25) is 0 Å². The second-order valence-corrected chi connectivity index (χ2v) is 4.91. The van der Waals surface area contributed by atoms with E-state index in [-0.39, 0.29) is 0 Å². The number of nitrogens with one attached hydrogen (secondary N) is 1. The number of nitrogens with zero attached hydrogens (tertiary/aromatic N) is 3. The lowest BCUT2D eigenvalue weighted by Gasteiger charge is -2.35. The Morgan fingerprint density at radius 2 is 1.84 bits per heavy atom. The Labute approximate surface area is 114 Å². The molecule has 2 aromatic rings. The first-order valence-corrected chi connectivity index (χ1v) is 6.94. The lowest BCUT2D eigenvalue weighted by molar-refractivity contribution is 0.271. The van der Waals surface area contributed by atoms with Crippen LogP contribution in [-0.2, 0) is 0 Å². The zero-order valence-corrected chi connectivity index (χ0v) is 11.3. The summed E-state index contributed by atoms with van der Waals surface area (Å²) in [6.07, 6.45) is 3.64. The second kappa shape index (κ2) is 5.45. The molecule has 100 valence electrons. The van der Waals surface area contributed by atoms with Crippen molar-refractivity contribution in [3.8, 4) is 11.4 Å². The molecule has 0 saturated carbocycles. The molecule has 0 spiro atoms. The van der Waals surface area contributed by atoms with E-state index in [1.54, 1.807) is 6.20 Å². The Balaban J connectivity index is 1.70. The highest BCUT2D eigenvalue weighted by molar-refractivity contribution is 5.60. The van der Waals surface area contributed by atoms with E-state index in [0.717, 1.165) is 44.1 Å². The van der Waals surface area contributed by atoms with Gasteiger partial charge in [0.25, 0.3) is 0 Å². The van der Waals surface area contributed by atoms with E-state index in [1.807, 2.05) is 6.20 Å². The van der Waals surface area contributed by atoms with Crippen molar-refractivity contribution in [3.63, 3.8) is 0 Å². The Kier molecular flexibility index (Phi) is 3.51. The van der Waals surface area contributed by atoms with Crippen molar-refractivity contribution in [1.29, 1.82) is 0 Å². The van der Waals surface area contributed by atoms with Crippen LogP contribution in [0.3, 0.4) is 0 Å². The van der Waals surface area contributed by atoms with Crippen molar-refractivity contribution in [2.45, 2.75) is 6.92 Å². The molecule has 3 rings (SSSR count). The normalized spacial score (nSPS) is 16.8. The Hall–Kier alpha value is -1.81. The maximum absolute atomic E-state index is 4.27. The van der Waals surface area contributed by atoms with Gasteiger partial charge in [0.2, 0.25) is 0 Å². The minimum absolute atomic E-state index is 0.933. The molecule has 1 aliphatic heterocycles. The number of likely N-dealkylation sites (N-methyl/N-ethyl adjacent to an activating group) is 1. The number of hydrogen-bond acceptors (Lipinski definition) is 3. The standard InChI is InChI=1S/C15H20N4/c1-2-18-9-11-19(12-10-18)14-5-3-13(4-6-14)15-16-7-8-17-15/h3-8H,2,9-12H2,1H3,(H,16,17). The molecule has 1 aromatic carbocycles. The monoisotopic (exact) mass is 256 g/mol. The number of aromatic amines is 1. The first-order valence-electron chi connectivity index (χ1n) is 6.94. The summed E-state index contributed by atoms with van der Waals surface area (Å²) < 4.78 is 0. The second-order valence-electron chi connectivity index (χ2n) is 4.91. The van der Waals surface area contributed by atoms with E-state index in [9.17, 15) is 0 Å². The van der Waals surface area contributed by atoms with Crippen LogP contribution in [0.4, 0.5) is 5.69 Å². The fraction of sp³-hybridized carbons (Fsp3) is 0.400. The molecule has 0 atom stereocenters. The van der Waals surface area contributed by atoms with Gasteiger partial charge in [0, 0.05) is 49.8 Å². The summed E-state index contributed by atoms with van der Waals surface area (Å²) in [7, 11) is 0. The van der Waals surface area contributed by atoms with Crippen LogP contribution in [0.15, 0.2) is 36.7 Å². The van der Waals surface area contributed by atoms with E-state index in [4.69, 9.17) is 0 Å². The van der Waals surface area contributed by atoms with E-state index in [1.165, 1.54) is 5.69 Å². The molecule has 0 amide bonds. The van der Waals surface area contributed by atoms with Crippen LogP contribution in [0.25, 0.3) is 11.4 Å². The zero-order chi connectivity index (χ0) is 13.1. The molecule has 0 bridgehead atoms. The third-order valence-corrected chi connectivity index (χ3v) is 3.82. The number of imidazole rings is 1. The Morgan fingerprint density at radius 3 is 2.42 bits per heavy atom. The minimum atomic E-state index is 0.933. The summed E-state index contributed by atoms with van der Waals surface area (Å²) in [6, 6.07) is 8.67. The topological polar surface area (TPSA) is 35.2 Å². The molecule has 1 fully saturated rings. The zero-order valence-electron chi connectivity index (χ0n) is 11.3. The van der Waals surface area contributed by atoms with Gasteiger partial charge >= 0.3 is 0 Å². The molecule has 2 heterocycles. The quantitative estimate of drug-likeness (QED) is 0.914. The summed E-state index contributed by atoms with van der Waals surface area (Å²) in [5.41, 5.74) is 2.45. The highest BCUT2D eigenvalue weighted by Crippen LogP contribution is 2.21. The number of benzene rings is 1. The first kappa shape index (κ1) is 12.2. The van der Waals surface area contributed by atoms with E-state index in [0.29, 0.717) is 0 Å². The third-order valence-electron chi connectivity index (χ3n) is 3.82. The highest BCUT2D eigenvalue weighted by atomic mass is 15.3. The number of anilines is 1. The summed E-state index contributed by atoms with van der Waals surface area (Å²) in [5, 5.41) is 0. The van der Waals surface area contributed by atoms with Gasteiger partial charge in [-0.25, -0.2) is 4.98 Å². The number of H-pyrrole nitrogens is 1. The molecule has 4 nitrogen and oxygen atoms in total. The van der Waals surface area contributed by atoms with Crippen LogP contribution in [0.5, 0.6) is 0 Å². The summed E-state index contributed by atoms with van der Waals surface area (Å²) in [4.78, 5) is 12.4. The van der Waals surface area contributed by atoms with Crippen LogP contribution in [0.1, 0.15) is 6.92 Å². The smallest absolute Gasteiger partial charge is 0.137 e. The predicted octanol–water partition coefficient (Wildman–Crippen LogP) is 2.22. The van der Waals surface area contributed by atoms with Gasteiger partial charge in [0.15, 0.2) is 0 Å². The average molecular weight is 256 g/mol. The van der Waals surface area contributed by atoms with Gasteiger partial charge in [-0.1, -0.05) is 6.92 Å². The minimum Gasteiger partial charge on any atom is -0.369 e. The molecule has 1 aliphatic rings. The van der Waals surface area contributed by atoms with Gasteiger partial charge < -0.3 is 14.8 Å². The fourth-order valence-corrected chi connectivity index (χ4v) is 2.58. The Morgan fingerprint density at radius 1 is 1.11 bits per heavy atom. The molecule has 0 aliphatic carbocycles. The van der Waals surface area contributed by atoms with Gasteiger partial charge in [-0.05, 0) is 30.8 Å². The van der Waals surface area contributed by atoms with Gasteiger partial charge in [0.1, 0.15) is 5.82 Å². The predicted molar refractivity (Wildman–Crippen MR) is 78.4 cm³/mol. The largest absolute Gasteiger partial charge is 0.369 e. The molecule has 19 heavy (non-hydrogen) atoms. The van der Waals surface area contributed by atoms with Crippen LogP contribution >= 0.6 is 0 Å². The van der Waals surface area contributed by atoms with Crippen LogP contribution in [-0.4, -0.2) is 47.6 Å². The van der Waals surface area contributed by atoms with Gasteiger partial charge in [-0.15, -0.1) is 0 Å². The Bertz CT molecular complexity index is 495. The maximum atomic E-state index is 4.27. The molecule has 1 aromatic heterocycles. The van der Waals surface area contributed by atoms with Crippen molar-refractivity contribution in [1.82, 2.24) is 14.9 Å². The highest BCUT2D eigenvalue weighted by Gasteiger charge is 2.15. The molecule has 1 N–H and O–H groups in total. The third kappa shape index (κ3) is 2.63. The van der Waals surface area contributed by atoms with Crippen molar-refractivity contribution < 1.29 is 0 Å². The SMILES string of the molecule is CCN1CCN(c2ccc(-c3ncc[nH]3)cc2)CC1. The molecule has 0 unspecified atom stereocenters. The molecule has 1 saturated heterocycles. The maximum Gasteiger partial charge on any atom is 0.137 e. The molecule has 4 heteroatoms. The number of piperazine rings is 1. The lowest BCUT2D eigenvalue weighted by atomic mass is 10.1. The van der Waals surface area contributed by atoms with Crippen LogP contribution < -0.4 is 4.90 Å². The molecular weight excluding hydrogens is 236 g/mol. The lowest BCUT2D eigenvalue weighted by Crippen LogP contribution is -2.46. The van der Waals surface area contributed by atoms with Gasteiger partial charge in [-0.2, -0.15) is 0 Å². The van der Waals surface area contributed by atoms with Crippen molar-refractivity contribution in [2.75, 3.05) is 37.6 Å². The first-order chi connectivity index (χ1) is 9.36. The van der Waals surface area contributed by atoms with Crippen molar-refractivity contribution >= 4 is 5.69 Å². The van der Waals surface area contributed by atoms with Crippen molar-refractivity contribution in [3.05, 3.63) is 36.7 Å². The number of hydrogen-bond donors (Lipinski definition) is 1. The van der Waals surface area contributed by atoms with Crippen LogP contribution in [0.2, 0.25) is 0 Å². The summed E-state index contributed by atoms with van der Waals surface area (Å²) in [6.45, 7) is 7.95. The van der Waals surface area contributed by atoms with Crippen molar-refractivity contribution in [2.24, 2.45) is 0 Å². The van der Waals surface area contributed by atoms with Crippen LogP contribution in [0, 0.1) is 0 Å². The van der Waals surface area contributed by atoms with E-state index in [2.05, 4.69) is 51.0 Å². The van der Waals surface area contributed by atoms with E-state index >= 15 is 0 Å². The average Bonchev–Trinajstić information content (AvgIpc) is 3.02. The number of rotatable bonds is 3. The molecular formula is C15H20N4. The summed E-state index contributed by atoms with van der Waals surface area (Å²) in [5.74, 6) is 0.933. The van der Waals surface area contributed by atoms with Gasteiger partial charge in [0.05, 0.1) is 0 Å². The molecule has 0 radical (unpaired) electrons. The number of aromatic nitrogens is 2. The fourth-order valence-electron chi connectivity index (χ4n) is 2.58. The van der Waals surface area contributed by atoms with E-state index < -0.39 is 0 Å².